The Morgan fingerprint density at radius 2 is 1.93 bits per heavy atom. The van der Waals surface area contributed by atoms with E-state index in [1.807, 2.05) is 61.5 Å². The number of amides is 1. The summed E-state index contributed by atoms with van der Waals surface area (Å²) in [6, 6.07) is 19.2. The predicted octanol–water partition coefficient (Wildman–Crippen LogP) is 5.07. The third kappa shape index (κ3) is 4.60. The minimum absolute atomic E-state index is 0.0498. The van der Waals surface area contributed by atoms with Gasteiger partial charge in [0, 0.05) is 5.56 Å². The van der Waals surface area contributed by atoms with Crippen molar-refractivity contribution in [3.8, 4) is 11.3 Å². The number of carbonyl (C=O) groups is 1. The zero-order chi connectivity index (χ0) is 20.2. The SMILES string of the molecule is Cc1ccccc1CC1S/C(=N/N=C/c2ccc(-c3ccccc3Cl)o2)NC1=O. The van der Waals surface area contributed by atoms with E-state index >= 15 is 0 Å². The third-order valence-electron chi connectivity index (χ3n) is 4.54. The van der Waals surface area contributed by atoms with Crippen LogP contribution in [0.15, 0.2) is 75.3 Å². The van der Waals surface area contributed by atoms with Crippen molar-refractivity contribution in [2.24, 2.45) is 10.2 Å². The van der Waals surface area contributed by atoms with Gasteiger partial charge in [0.15, 0.2) is 5.17 Å². The van der Waals surface area contributed by atoms with Gasteiger partial charge in [0.1, 0.15) is 11.5 Å². The minimum Gasteiger partial charge on any atom is -0.455 e. The van der Waals surface area contributed by atoms with Crippen LogP contribution in [-0.2, 0) is 11.2 Å². The summed E-state index contributed by atoms with van der Waals surface area (Å²) in [4.78, 5) is 12.2. The highest BCUT2D eigenvalue weighted by Gasteiger charge is 2.30. The Bertz CT molecular complexity index is 1110. The van der Waals surface area contributed by atoms with E-state index in [9.17, 15) is 4.79 Å². The topological polar surface area (TPSA) is 67.0 Å². The van der Waals surface area contributed by atoms with Crippen molar-refractivity contribution in [2.75, 3.05) is 0 Å². The molecule has 1 fully saturated rings. The fourth-order valence-corrected chi connectivity index (χ4v) is 4.17. The number of hydrogen-bond donors (Lipinski definition) is 1. The standard InChI is InChI=1S/C22H18ClN3O2S/c1-14-6-2-3-7-15(14)12-20-21(27)25-22(29-20)26-24-13-16-10-11-19(28-16)17-8-4-5-9-18(17)23/h2-11,13,20H,12H2,1H3,(H,25,26,27)/b24-13+. The first-order chi connectivity index (χ1) is 14.1. The molecule has 1 amide bonds. The first-order valence-electron chi connectivity index (χ1n) is 9.08. The molecule has 0 saturated carbocycles. The molecule has 3 aromatic rings. The fraction of sp³-hybridized carbons (Fsp3) is 0.136. The number of halogens is 1. The lowest BCUT2D eigenvalue weighted by Crippen LogP contribution is -2.26. The number of aryl methyl sites for hydroxylation is 1. The van der Waals surface area contributed by atoms with Crippen LogP contribution in [0.2, 0.25) is 5.02 Å². The number of benzene rings is 2. The van der Waals surface area contributed by atoms with Crippen molar-refractivity contribution in [2.45, 2.75) is 18.6 Å². The molecule has 1 atom stereocenters. The smallest absolute Gasteiger partial charge is 0.239 e. The fourth-order valence-electron chi connectivity index (χ4n) is 2.99. The van der Waals surface area contributed by atoms with Crippen molar-refractivity contribution in [3.63, 3.8) is 0 Å². The second-order valence-corrected chi connectivity index (χ2v) is 8.16. The first-order valence-corrected chi connectivity index (χ1v) is 10.3. The van der Waals surface area contributed by atoms with Crippen molar-refractivity contribution >= 4 is 40.7 Å². The number of nitrogens with one attached hydrogen (secondary N) is 1. The largest absolute Gasteiger partial charge is 0.455 e. The van der Waals surface area contributed by atoms with Gasteiger partial charge in [-0.1, -0.05) is 59.8 Å². The lowest BCUT2D eigenvalue weighted by Gasteiger charge is -2.07. The van der Waals surface area contributed by atoms with E-state index in [1.54, 1.807) is 6.07 Å². The molecule has 5 nitrogen and oxygen atoms in total. The van der Waals surface area contributed by atoms with Crippen LogP contribution in [0.5, 0.6) is 0 Å². The molecular weight excluding hydrogens is 406 g/mol. The molecule has 1 saturated heterocycles. The van der Waals surface area contributed by atoms with Gasteiger partial charge in [0.05, 0.1) is 16.5 Å². The molecule has 0 aliphatic carbocycles. The lowest BCUT2D eigenvalue weighted by molar-refractivity contribution is -0.118. The molecule has 2 aromatic carbocycles. The van der Waals surface area contributed by atoms with Crippen molar-refractivity contribution in [1.29, 1.82) is 0 Å². The van der Waals surface area contributed by atoms with Gasteiger partial charge in [-0.3, -0.25) is 4.79 Å². The maximum Gasteiger partial charge on any atom is 0.239 e. The molecule has 2 heterocycles. The monoisotopic (exact) mass is 423 g/mol. The number of carbonyl (C=O) groups excluding carboxylic acids is 1. The summed E-state index contributed by atoms with van der Waals surface area (Å²) >= 11 is 7.58. The molecule has 1 aliphatic rings. The average molecular weight is 424 g/mol. The molecule has 1 aromatic heterocycles. The highest BCUT2D eigenvalue weighted by atomic mass is 35.5. The Morgan fingerprint density at radius 1 is 1.14 bits per heavy atom. The van der Waals surface area contributed by atoms with Crippen molar-refractivity contribution in [1.82, 2.24) is 5.32 Å². The molecule has 7 heteroatoms. The van der Waals surface area contributed by atoms with Crippen LogP contribution < -0.4 is 5.32 Å². The molecule has 146 valence electrons. The van der Waals surface area contributed by atoms with E-state index in [0.29, 0.717) is 28.1 Å². The highest BCUT2D eigenvalue weighted by molar-refractivity contribution is 8.15. The molecule has 1 unspecified atom stereocenters. The number of hydrogen-bond acceptors (Lipinski definition) is 5. The summed E-state index contributed by atoms with van der Waals surface area (Å²) in [6.45, 7) is 2.05. The maximum atomic E-state index is 12.2. The zero-order valence-corrected chi connectivity index (χ0v) is 17.2. The Hall–Kier alpha value is -2.83. The van der Waals surface area contributed by atoms with Crippen LogP contribution in [-0.4, -0.2) is 22.5 Å². The Balaban J connectivity index is 1.41. The zero-order valence-electron chi connectivity index (χ0n) is 15.6. The third-order valence-corrected chi connectivity index (χ3v) is 5.94. The second-order valence-electron chi connectivity index (χ2n) is 6.56. The summed E-state index contributed by atoms with van der Waals surface area (Å²) in [5.41, 5.74) is 3.15. The summed E-state index contributed by atoms with van der Waals surface area (Å²) in [7, 11) is 0. The van der Waals surface area contributed by atoms with E-state index in [-0.39, 0.29) is 11.2 Å². The second kappa shape index (κ2) is 8.68. The maximum absolute atomic E-state index is 12.2. The van der Waals surface area contributed by atoms with Gasteiger partial charge in [-0.05, 0) is 48.7 Å². The normalized spacial score (nSPS) is 17.9. The van der Waals surface area contributed by atoms with Crippen LogP contribution in [0, 0.1) is 6.92 Å². The molecular formula is C22H18ClN3O2S. The Labute approximate surface area is 177 Å². The molecule has 0 spiro atoms. The molecule has 1 aliphatic heterocycles. The molecule has 0 bridgehead atoms. The van der Waals surface area contributed by atoms with Gasteiger partial charge >= 0.3 is 0 Å². The number of nitrogens with zero attached hydrogens (tertiary/aromatic N) is 2. The number of furan rings is 1. The van der Waals surface area contributed by atoms with Gasteiger partial charge in [-0.15, -0.1) is 5.10 Å². The van der Waals surface area contributed by atoms with Crippen molar-refractivity contribution in [3.05, 3.63) is 82.6 Å². The number of amidine groups is 1. The van der Waals surface area contributed by atoms with E-state index in [4.69, 9.17) is 16.0 Å². The lowest BCUT2D eigenvalue weighted by atomic mass is 10.0. The average Bonchev–Trinajstić information content (AvgIpc) is 3.31. The molecule has 29 heavy (non-hydrogen) atoms. The molecule has 4 rings (SSSR count). The Morgan fingerprint density at radius 3 is 2.76 bits per heavy atom. The van der Waals surface area contributed by atoms with E-state index in [2.05, 4.69) is 15.5 Å². The van der Waals surface area contributed by atoms with Gasteiger partial charge in [0.25, 0.3) is 0 Å². The van der Waals surface area contributed by atoms with E-state index in [1.165, 1.54) is 23.5 Å². The van der Waals surface area contributed by atoms with E-state index in [0.717, 1.165) is 11.1 Å². The number of rotatable bonds is 5. The molecule has 0 radical (unpaired) electrons. The summed E-state index contributed by atoms with van der Waals surface area (Å²) in [5.74, 6) is 1.16. The highest BCUT2D eigenvalue weighted by Crippen LogP contribution is 2.29. The summed E-state index contributed by atoms with van der Waals surface area (Å²) < 4.78 is 5.75. The van der Waals surface area contributed by atoms with Crippen LogP contribution in [0.25, 0.3) is 11.3 Å². The summed E-state index contributed by atoms with van der Waals surface area (Å²) in [5, 5.41) is 11.8. The quantitative estimate of drug-likeness (QED) is 0.460. The van der Waals surface area contributed by atoms with Crippen LogP contribution >= 0.6 is 23.4 Å². The predicted molar refractivity (Wildman–Crippen MR) is 119 cm³/mol. The van der Waals surface area contributed by atoms with Crippen LogP contribution in [0.3, 0.4) is 0 Å². The van der Waals surface area contributed by atoms with Gasteiger partial charge < -0.3 is 9.73 Å². The van der Waals surface area contributed by atoms with Crippen LogP contribution in [0.4, 0.5) is 0 Å². The van der Waals surface area contributed by atoms with Crippen molar-refractivity contribution < 1.29 is 9.21 Å². The van der Waals surface area contributed by atoms with Gasteiger partial charge in [-0.25, -0.2) is 0 Å². The summed E-state index contributed by atoms with van der Waals surface area (Å²) in [6.07, 6.45) is 2.17. The number of thioether (sulfide) groups is 1. The van der Waals surface area contributed by atoms with Gasteiger partial charge in [0.2, 0.25) is 5.91 Å². The van der Waals surface area contributed by atoms with Crippen LogP contribution in [0.1, 0.15) is 16.9 Å². The first kappa shape index (κ1) is 19.5. The molecule has 1 N–H and O–H groups in total. The Kier molecular flexibility index (Phi) is 5.83. The van der Waals surface area contributed by atoms with E-state index < -0.39 is 0 Å². The van der Waals surface area contributed by atoms with Gasteiger partial charge in [-0.2, -0.15) is 5.10 Å². The minimum atomic E-state index is -0.208.